The SMILES string of the molecule is CC(C)NC(=O)C1(C)CCN(c2ccc(-c3cc(-c4cnn(C5CCNCC5)c4)cn4ncc(C#N)c34)cn2)CC1.Cl. The van der Waals surface area contributed by atoms with Crippen LogP contribution in [0.15, 0.2) is 49.2 Å². The van der Waals surface area contributed by atoms with Crippen LogP contribution in [0, 0.1) is 16.7 Å². The van der Waals surface area contributed by atoms with E-state index < -0.39 is 0 Å². The molecule has 2 saturated heterocycles. The fourth-order valence-corrected chi connectivity index (χ4v) is 5.96. The van der Waals surface area contributed by atoms with E-state index in [-0.39, 0.29) is 29.8 Å². The number of nitrogens with one attached hydrogen (secondary N) is 2. The highest BCUT2D eigenvalue weighted by molar-refractivity contribution is 5.87. The van der Waals surface area contributed by atoms with Gasteiger partial charge in [0.15, 0.2) is 0 Å². The van der Waals surface area contributed by atoms with Crippen molar-refractivity contribution in [3.05, 3.63) is 54.7 Å². The van der Waals surface area contributed by atoms with Crippen molar-refractivity contribution in [1.29, 1.82) is 5.26 Å². The van der Waals surface area contributed by atoms with Crippen molar-refractivity contribution in [2.24, 2.45) is 5.41 Å². The van der Waals surface area contributed by atoms with E-state index in [1.165, 1.54) is 0 Å². The van der Waals surface area contributed by atoms with Gasteiger partial charge in [0.05, 0.1) is 29.5 Å². The molecule has 0 atom stereocenters. The van der Waals surface area contributed by atoms with Gasteiger partial charge in [-0.15, -0.1) is 12.4 Å². The molecule has 0 bridgehead atoms. The zero-order valence-corrected chi connectivity index (χ0v) is 25.2. The topological polar surface area (TPSA) is 116 Å². The summed E-state index contributed by atoms with van der Waals surface area (Å²) in [5.41, 5.74) is 4.76. The second-order valence-electron chi connectivity index (χ2n) is 11.9. The molecule has 220 valence electrons. The summed E-state index contributed by atoms with van der Waals surface area (Å²) >= 11 is 0. The predicted molar refractivity (Wildman–Crippen MR) is 166 cm³/mol. The molecule has 0 unspecified atom stereocenters. The summed E-state index contributed by atoms with van der Waals surface area (Å²) in [6, 6.07) is 9.04. The molecule has 2 fully saturated rings. The van der Waals surface area contributed by atoms with E-state index >= 15 is 0 Å². The standard InChI is InChI=1S/C31H37N9O.ClH/c1-21(2)37-30(41)31(3)8-12-38(13-9-31)28-5-4-22(16-34-28)27-14-23(19-40-29(27)24(15-32)17-36-40)25-18-35-39(20-25)26-6-10-33-11-7-26;/h4-5,14,16-21,26,33H,6-13H2,1-3H3,(H,37,41);1H. The van der Waals surface area contributed by atoms with Gasteiger partial charge < -0.3 is 15.5 Å². The maximum Gasteiger partial charge on any atom is 0.226 e. The molecule has 10 nitrogen and oxygen atoms in total. The number of aromatic nitrogens is 5. The number of hydrogen-bond acceptors (Lipinski definition) is 7. The Bertz CT molecular complexity index is 1590. The van der Waals surface area contributed by atoms with E-state index in [1.807, 2.05) is 38.5 Å². The molecule has 6 rings (SSSR count). The lowest BCUT2D eigenvalue weighted by atomic mass is 9.79. The van der Waals surface area contributed by atoms with Crippen LogP contribution in [0.1, 0.15) is 58.1 Å². The van der Waals surface area contributed by atoms with Crippen molar-refractivity contribution in [2.45, 2.75) is 58.5 Å². The molecule has 1 amide bonds. The van der Waals surface area contributed by atoms with Crippen molar-refractivity contribution in [1.82, 2.24) is 35.0 Å². The Morgan fingerprint density at radius 3 is 2.50 bits per heavy atom. The van der Waals surface area contributed by atoms with Crippen LogP contribution < -0.4 is 15.5 Å². The van der Waals surface area contributed by atoms with Crippen molar-refractivity contribution < 1.29 is 4.79 Å². The van der Waals surface area contributed by atoms with Gasteiger partial charge >= 0.3 is 0 Å². The minimum atomic E-state index is -0.357. The third-order valence-electron chi connectivity index (χ3n) is 8.57. The number of hydrogen-bond donors (Lipinski definition) is 2. The fourth-order valence-electron chi connectivity index (χ4n) is 5.96. The number of anilines is 1. The number of fused-ring (bicyclic) bond motifs is 1. The third kappa shape index (κ3) is 5.72. The minimum Gasteiger partial charge on any atom is -0.357 e. The van der Waals surface area contributed by atoms with Crippen LogP contribution in [0.4, 0.5) is 5.82 Å². The number of rotatable bonds is 6. The summed E-state index contributed by atoms with van der Waals surface area (Å²) in [5, 5.41) is 25.5. The lowest BCUT2D eigenvalue weighted by Crippen LogP contribution is -2.49. The molecule has 4 aromatic rings. The van der Waals surface area contributed by atoms with Crippen LogP contribution in [0.25, 0.3) is 27.8 Å². The first-order valence-corrected chi connectivity index (χ1v) is 14.5. The molecule has 42 heavy (non-hydrogen) atoms. The van der Waals surface area contributed by atoms with Gasteiger partial charge in [0.25, 0.3) is 0 Å². The van der Waals surface area contributed by atoms with Gasteiger partial charge in [-0.3, -0.25) is 9.48 Å². The second-order valence-corrected chi connectivity index (χ2v) is 11.9. The van der Waals surface area contributed by atoms with Gasteiger partial charge in [0.2, 0.25) is 5.91 Å². The first-order chi connectivity index (χ1) is 19.8. The third-order valence-corrected chi connectivity index (χ3v) is 8.57. The average Bonchev–Trinajstić information content (AvgIpc) is 3.65. The summed E-state index contributed by atoms with van der Waals surface area (Å²) in [4.78, 5) is 19.8. The molecular weight excluding hydrogens is 550 g/mol. The molecule has 4 aromatic heterocycles. The summed E-state index contributed by atoms with van der Waals surface area (Å²) in [6.07, 6.45) is 13.2. The van der Waals surface area contributed by atoms with E-state index in [0.717, 1.165) is 85.5 Å². The Kier molecular flexibility index (Phi) is 8.53. The van der Waals surface area contributed by atoms with Gasteiger partial charge in [0, 0.05) is 65.4 Å². The molecular formula is C31H38ClN9O. The molecule has 0 aromatic carbocycles. The van der Waals surface area contributed by atoms with Gasteiger partial charge in [-0.2, -0.15) is 15.5 Å². The van der Waals surface area contributed by atoms with Crippen molar-refractivity contribution in [3.63, 3.8) is 0 Å². The van der Waals surface area contributed by atoms with Crippen molar-refractivity contribution in [3.8, 4) is 28.3 Å². The molecule has 0 saturated carbocycles. The van der Waals surface area contributed by atoms with Gasteiger partial charge in [-0.25, -0.2) is 9.50 Å². The summed E-state index contributed by atoms with van der Waals surface area (Å²) in [7, 11) is 0. The highest BCUT2D eigenvalue weighted by Gasteiger charge is 2.37. The van der Waals surface area contributed by atoms with Gasteiger partial charge in [-0.1, -0.05) is 6.92 Å². The predicted octanol–water partition coefficient (Wildman–Crippen LogP) is 4.61. The zero-order valence-electron chi connectivity index (χ0n) is 24.4. The average molecular weight is 588 g/mol. The van der Waals surface area contributed by atoms with Gasteiger partial charge in [0.1, 0.15) is 11.9 Å². The number of halogens is 1. The molecule has 0 aliphatic carbocycles. The molecule has 11 heteroatoms. The Hall–Kier alpha value is -3.94. The van der Waals surface area contributed by atoms with E-state index in [4.69, 9.17) is 4.98 Å². The fraction of sp³-hybridized carbons (Fsp3) is 0.452. The molecule has 2 N–H and O–H groups in total. The first-order valence-electron chi connectivity index (χ1n) is 14.5. The van der Waals surface area contributed by atoms with E-state index in [9.17, 15) is 10.1 Å². The summed E-state index contributed by atoms with van der Waals surface area (Å²) < 4.78 is 3.86. The Morgan fingerprint density at radius 2 is 1.83 bits per heavy atom. The molecule has 2 aliphatic rings. The first kappa shape index (κ1) is 29.5. The summed E-state index contributed by atoms with van der Waals surface area (Å²) in [6.45, 7) is 9.62. The molecule has 0 spiro atoms. The lowest BCUT2D eigenvalue weighted by molar-refractivity contribution is -0.131. The van der Waals surface area contributed by atoms with E-state index in [2.05, 4.69) is 61.7 Å². The van der Waals surface area contributed by atoms with Gasteiger partial charge in [-0.05, 0) is 70.8 Å². The van der Waals surface area contributed by atoms with Crippen LogP contribution >= 0.6 is 12.4 Å². The van der Waals surface area contributed by atoms with Crippen LogP contribution in [0.3, 0.4) is 0 Å². The molecule has 0 radical (unpaired) electrons. The Balaban J connectivity index is 0.00000353. The normalized spacial score (nSPS) is 17.2. The van der Waals surface area contributed by atoms with E-state index in [0.29, 0.717) is 11.6 Å². The second kappa shape index (κ2) is 12.1. The highest BCUT2D eigenvalue weighted by Crippen LogP contribution is 2.35. The maximum absolute atomic E-state index is 12.7. The smallest absolute Gasteiger partial charge is 0.226 e. The van der Waals surface area contributed by atoms with Crippen LogP contribution in [0.5, 0.6) is 0 Å². The molecule has 2 aliphatic heterocycles. The number of carbonyl (C=O) groups excluding carboxylic acids is 1. The number of carbonyl (C=O) groups is 1. The quantitative estimate of drug-likeness (QED) is 0.338. The number of nitriles is 1. The minimum absolute atomic E-state index is 0. The lowest BCUT2D eigenvalue weighted by Gasteiger charge is -2.39. The van der Waals surface area contributed by atoms with Crippen molar-refractivity contribution >= 4 is 29.6 Å². The number of amides is 1. The van der Waals surface area contributed by atoms with Crippen LogP contribution in [-0.4, -0.2) is 62.5 Å². The number of nitrogens with zero attached hydrogens (tertiary/aromatic N) is 7. The highest BCUT2D eigenvalue weighted by atomic mass is 35.5. The molecule has 6 heterocycles. The number of piperidine rings is 2. The monoisotopic (exact) mass is 587 g/mol. The van der Waals surface area contributed by atoms with Crippen LogP contribution in [-0.2, 0) is 4.79 Å². The summed E-state index contributed by atoms with van der Waals surface area (Å²) in [5.74, 6) is 1.03. The van der Waals surface area contributed by atoms with E-state index in [1.54, 1.807) is 10.7 Å². The number of pyridine rings is 2. The Labute approximate surface area is 252 Å². The largest absolute Gasteiger partial charge is 0.357 e. The maximum atomic E-state index is 12.7. The zero-order chi connectivity index (χ0) is 28.6. The Morgan fingerprint density at radius 1 is 1.07 bits per heavy atom. The van der Waals surface area contributed by atoms with Crippen molar-refractivity contribution in [2.75, 3.05) is 31.1 Å². The van der Waals surface area contributed by atoms with Crippen LogP contribution in [0.2, 0.25) is 0 Å².